The van der Waals surface area contributed by atoms with Crippen LogP contribution >= 0.6 is 37.2 Å². The fraction of sp³-hybridized carbons (Fsp3) is 0. The van der Waals surface area contributed by atoms with Crippen molar-refractivity contribution in [3.8, 4) is 0 Å². The van der Waals surface area contributed by atoms with Gasteiger partial charge in [-0.2, -0.15) is 0 Å². The summed E-state index contributed by atoms with van der Waals surface area (Å²) < 4.78 is 0. The van der Waals surface area contributed by atoms with Gasteiger partial charge in [-0.15, -0.1) is 37.2 Å². The van der Waals surface area contributed by atoms with Crippen molar-refractivity contribution in [2.75, 3.05) is 0 Å². The maximum absolute atomic E-state index is 0. The van der Waals surface area contributed by atoms with Gasteiger partial charge in [0, 0.05) is 73.7 Å². The van der Waals surface area contributed by atoms with Gasteiger partial charge in [-0.1, -0.05) is 0 Å². The monoisotopic (exact) mass is 458 g/mol. The van der Waals surface area contributed by atoms with Crippen molar-refractivity contribution in [3.05, 3.63) is 0 Å². The van der Waals surface area contributed by atoms with E-state index in [1.807, 2.05) is 0 Å². The Labute approximate surface area is 108 Å². The maximum atomic E-state index is 0. The normalized spacial score (nSPS) is 0. The third kappa shape index (κ3) is 18.8. The first-order valence-electron chi connectivity index (χ1n) is 0. The average Bonchev–Trinajstić information content (AvgIpc) is 0. The maximum Gasteiger partial charge on any atom is 0 e. The molecule has 0 aromatic carbocycles. The molecular formula is H3Cl3Lu2. The molecule has 0 N–H and O–H groups in total. The van der Waals surface area contributed by atoms with Crippen LogP contribution in [0.25, 0.3) is 0 Å². The van der Waals surface area contributed by atoms with Crippen molar-refractivity contribution in [1.29, 1.82) is 0 Å². The molecule has 0 rings (SSSR count). The second-order valence-electron chi connectivity index (χ2n) is 0. The van der Waals surface area contributed by atoms with E-state index in [1.165, 1.54) is 0 Å². The van der Waals surface area contributed by atoms with Crippen molar-refractivity contribution >= 4 is 37.2 Å². The van der Waals surface area contributed by atoms with Crippen molar-refractivity contribution in [2.24, 2.45) is 0 Å². The molecule has 0 amide bonds. The summed E-state index contributed by atoms with van der Waals surface area (Å²) in [6.07, 6.45) is 0. The standard InChI is InChI=1S/3ClH.2Lu/h3*1H;;. The third-order valence-electron chi connectivity index (χ3n) is 0. The summed E-state index contributed by atoms with van der Waals surface area (Å²) >= 11 is 0. The molecule has 0 saturated carbocycles. The molecule has 0 heterocycles. The van der Waals surface area contributed by atoms with Crippen LogP contribution in [0.4, 0.5) is 0 Å². The Kier molecular flexibility index (Phi) is 213. The topological polar surface area (TPSA) is 0 Å². The number of hydrogen-bond acceptors (Lipinski definition) is 0. The molecule has 0 fully saturated rings. The van der Waals surface area contributed by atoms with Crippen molar-refractivity contribution in [3.63, 3.8) is 0 Å². The Balaban J connectivity index is 0. The summed E-state index contributed by atoms with van der Waals surface area (Å²) in [6, 6.07) is 0. The molecule has 0 bridgehead atoms. The third-order valence-corrected chi connectivity index (χ3v) is 0. The molecule has 0 aromatic heterocycles. The molecule has 0 nitrogen and oxygen atoms in total. The molecule has 5 heavy (non-hydrogen) atoms. The van der Waals surface area contributed by atoms with Gasteiger partial charge in [0.25, 0.3) is 0 Å². The summed E-state index contributed by atoms with van der Waals surface area (Å²) in [5.41, 5.74) is 0. The fourth-order valence-electron chi connectivity index (χ4n) is 0. The molecular weight excluding hydrogens is 456 g/mol. The zero-order valence-electron chi connectivity index (χ0n) is 1.74. The van der Waals surface area contributed by atoms with Crippen molar-refractivity contribution < 1.29 is 73.7 Å². The van der Waals surface area contributed by atoms with E-state index in [0.29, 0.717) is 0 Å². The minimum atomic E-state index is 0. The van der Waals surface area contributed by atoms with Gasteiger partial charge in [0.1, 0.15) is 0 Å². The summed E-state index contributed by atoms with van der Waals surface area (Å²) in [6.45, 7) is 0. The first-order valence-corrected chi connectivity index (χ1v) is 0. The Morgan fingerprint density at radius 2 is 0.400 bits per heavy atom. The Bertz CT molecular complexity index is 4.85. The van der Waals surface area contributed by atoms with Crippen LogP contribution in [0.3, 0.4) is 0 Å². The molecule has 5 heteroatoms. The van der Waals surface area contributed by atoms with Gasteiger partial charge in [0.05, 0.1) is 0 Å². The molecule has 0 aliphatic rings. The minimum absolute atomic E-state index is 0. The second-order valence-corrected chi connectivity index (χ2v) is 0. The summed E-state index contributed by atoms with van der Waals surface area (Å²) in [7, 11) is 0. The van der Waals surface area contributed by atoms with E-state index in [1.54, 1.807) is 0 Å². The van der Waals surface area contributed by atoms with E-state index in [4.69, 9.17) is 0 Å². The van der Waals surface area contributed by atoms with E-state index in [0.717, 1.165) is 0 Å². The van der Waals surface area contributed by atoms with E-state index in [-0.39, 0.29) is 111 Å². The van der Waals surface area contributed by atoms with Gasteiger partial charge in [0.15, 0.2) is 0 Å². The number of rotatable bonds is 0. The fourth-order valence-corrected chi connectivity index (χ4v) is 0. The largest absolute Gasteiger partial charge is 0.147 e. The molecule has 0 aromatic rings. The van der Waals surface area contributed by atoms with Gasteiger partial charge in [0.2, 0.25) is 0 Å². The van der Waals surface area contributed by atoms with Gasteiger partial charge in [-0.3, -0.25) is 0 Å². The summed E-state index contributed by atoms with van der Waals surface area (Å²) in [4.78, 5) is 0. The second kappa shape index (κ2) is 26.5. The molecule has 0 spiro atoms. The molecule has 0 saturated heterocycles. The smallest absolute Gasteiger partial charge is 0 e. The Hall–Kier alpha value is 3.34. The first-order chi connectivity index (χ1) is 0. The van der Waals surface area contributed by atoms with Gasteiger partial charge < -0.3 is 0 Å². The average molecular weight is 459 g/mol. The van der Waals surface area contributed by atoms with Crippen LogP contribution in [-0.4, -0.2) is 0 Å². The van der Waals surface area contributed by atoms with Crippen LogP contribution in [0, 0.1) is 73.7 Å². The molecule has 0 unspecified atom stereocenters. The quantitative estimate of drug-likeness (QED) is 0.512. The van der Waals surface area contributed by atoms with Crippen molar-refractivity contribution in [1.82, 2.24) is 0 Å². The first kappa shape index (κ1) is 40.3. The summed E-state index contributed by atoms with van der Waals surface area (Å²) in [5.74, 6) is 0. The molecule has 54 valence electrons. The minimum Gasteiger partial charge on any atom is -0.147 e. The van der Waals surface area contributed by atoms with E-state index in [9.17, 15) is 0 Å². The summed E-state index contributed by atoms with van der Waals surface area (Å²) in [5, 5.41) is 0. The van der Waals surface area contributed by atoms with Crippen LogP contribution in [0.2, 0.25) is 0 Å². The van der Waals surface area contributed by atoms with E-state index in [2.05, 4.69) is 0 Å². The number of hydrogen-bond donors (Lipinski definition) is 0. The zero-order chi connectivity index (χ0) is 0. The van der Waals surface area contributed by atoms with E-state index >= 15 is 0 Å². The van der Waals surface area contributed by atoms with Gasteiger partial charge >= 0.3 is 0 Å². The SMILES string of the molecule is Cl.Cl.Cl.[Lu].[Lu]. The van der Waals surface area contributed by atoms with Crippen LogP contribution in [0.1, 0.15) is 0 Å². The molecule has 0 atom stereocenters. The van der Waals surface area contributed by atoms with Crippen molar-refractivity contribution in [2.45, 2.75) is 0 Å². The van der Waals surface area contributed by atoms with Crippen LogP contribution < -0.4 is 0 Å². The van der Waals surface area contributed by atoms with Crippen LogP contribution in [-0.2, 0) is 0 Å². The van der Waals surface area contributed by atoms with E-state index < -0.39 is 0 Å². The van der Waals surface area contributed by atoms with Crippen LogP contribution in [0.15, 0.2) is 0 Å². The predicted octanol–water partition coefficient (Wildman–Crippen LogP) is 1.27. The predicted molar refractivity (Wildman–Crippen MR) is 21.7 cm³/mol. The van der Waals surface area contributed by atoms with Gasteiger partial charge in [-0.25, -0.2) is 0 Å². The molecule has 2 radical (unpaired) electrons. The Morgan fingerprint density at radius 1 is 0.400 bits per heavy atom. The molecule has 0 aliphatic heterocycles. The zero-order valence-corrected chi connectivity index (χ0v) is 7.50. The Morgan fingerprint density at radius 3 is 0.400 bits per heavy atom. The van der Waals surface area contributed by atoms with Crippen LogP contribution in [0.5, 0.6) is 0 Å². The molecule has 0 aliphatic carbocycles. The number of halogens is 3. The van der Waals surface area contributed by atoms with Gasteiger partial charge in [-0.05, 0) is 0 Å².